The summed E-state index contributed by atoms with van der Waals surface area (Å²) in [6.07, 6.45) is 4.41. The van der Waals surface area contributed by atoms with Gasteiger partial charge in [-0.25, -0.2) is 9.59 Å². The average Bonchev–Trinajstić information content (AvgIpc) is 2.74. The molecule has 1 fully saturated rings. The number of rotatable bonds is 4. The molecule has 6 heteroatoms. The molecule has 1 aliphatic rings. The minimum Gasteiger partial charge on any atom is -0.480 e. The molecule has 1 saturated carbocycles. The lowest BCUT2D eigenvalue weighted by Gasteiger charge is -2.29. The number of aliphatic carboxylic acids is 1. The van der Waals surface area contributed by atoms with E-state index in [1.54, 1.807) is 24.3 Å². The average molecular weight is 318 g/mol. The number of urea groups is 1. The predicted octanol–water partition coefficient (Wildman–Crippen LogP) is 3.19. The van der Waals surface area contributed by atoms with Crippen LogP contribution in [0.15, 0.2) is 24.3 Å². The molecule has 1 aromatic rings. The quantitative estimate of drug-likeness (QED) is 0.587. The number of nitrogens with one attached hydrogen (secondary N) is 2. The number of carboxylic acid groups (broad SMARTS) is 1. The second-order valence-electron chi connectivity index (χ2n) is 6.02. The summed E-state index contributed by atoms with van der Waals surface area (Å²) in [4.78, 5) is 35.3. The lowest BCUT2D eigenvalue weighted by molar-refractivity contribution is -0.145. The van der Waals surface area contributed by atoms with Crippen molar-refractivity contribution in [2.45, 2.75) is 51.0 Å². The highest BCUT2D eigenvalue weighted by Crippen LogP contribution is 2.27. The highest BCUT2D eigenvalue weighted by molar-refractivity contribution is 5.97. The van der Waals surface area contributed by atoms with E-state index in [1.807, 2.05) is 0 Å². The van der Waals surface area contributed by atoms with Crippen molar-refractivity contribution in [3.8, 4) is 0 Å². The molecule has 1 aliphatic carbocycles. The third-order valence-corrected chi connectivity index (χ3v) is 4.25. The predicted molar refractivity (Wildman–Crippen MR) is 86.7 cm³/mol. The number of amides is 2. The zero-order valence-corrected chi connectivity index (χ0v) is 13.2. The first-order chi connectivity index (χ1) is 10.9. The van der Waals surface area contributed by atoms with Crippen molar-refractivity contribution in [1.29, 1.82) is 0 Å². The van der Waals surface area contributed by atoms with Gasteiger partial charge in [-0.15, -0.1) is 0 Å². The van der Waals surface area contributed by atoms with E-state index in [0.717, 1.165) is 25.7 Å². The van der Waals surface area contributed by atoms with E-state index in [2.05, 4.69) is 10.6 Å². The number of benzene rings is 1. The Morgan fingerprint density at radius 3 is 2.30 bits per heavy atom. The molecule has 2 amide bonds. The first-order valence-electron chi connectivity index (χ1n) is 7.86. The van der Waals surface area contributed by atoms with Gasteiger partial charge in [0, 0.05) is 11.3 Å². The van der Waals surface area contributed by atoms with Crippen molar-refractivity contribution in [2.24, 2.45) is 0 Å². The van der Waals surface area contributed by atoms with Crippen LogP contribution in [0.3, 0.4) is 0 Å². The van der Waals surface area contributed by atoms with Crippen LogP contribution in [0.25, 0.3) is 0 Å². The van der Waals surface area contributed by atoms with Crippen LogP contribution < -0.4 is 10.6 Å². The van der Waals surface area contributed by atoms with Gasteiger partial charge < -0.3 is 15.7 Å². The molecule has 0 bridgehead atoms. The van der Waals surface area contributed by atoms with Gasteiger partial charge in [0.2, 0.25) is 0 Å². The molecule has 0 atom stereocenters. The van der Waals surface area contributed by atoms with E-state index < -0.39 is 17.5 Å². The van der Waals surface area contributed by atoms with Crippen molar-refractivity contribution in [3.05, 3.63) is 29.8 Å². The zero-order valence-electron chi connectivity index (χ0n) is 13.2. The summed E-state index contributed by atoms with van der Waals surface area (Å²) in [5, 5.41) is 14.8. The molecule has 0 aromatic heterocycles. The Morgan fingerprint density at radius 1 is 1.09 bits per heavy atom. The summed E-state index contributed by atoms with van der Waals surface area (Å²) in [6, 6.07) is 6.00. The maximum absolute atomic E-state index is 12.2. The van der Waals surface area contributed by atoms with Crippen LogP contribution in [-0.2, 0) is 4.79 Å². The van der Waals surface area contributed by atoms with Crippen LogP contribution in [0.5, 0.6) is 0 Å². The van der Waals surface area contributed by atoms with Crippen LogP contribution in [0.2, 0.25) is 0 Å². The molecule has 0 unspecified atom stereocenters. The molecule has 0 saturated heterocycles. The number of anilines is 1. The SMILES string of the molecule is CC(=O)c1cccc(NC(=O)NC2(C(=O)O)CCCCCC2)c1. The van der Waals surface area contributed by atoms with Crippen molar-refractivity contribution < 1.29 is 19.5 Å². The molecule has 6 nitrogen and oxygen atoms in total. The number of Topliss-reactive ketones (excluding diaryl/α,β-unsaturated/α-hetero) is 1. The Hall–Kier alpha value is -2.37. The second-order valence-corrected chi connectivity index (χ2v) is 6.02. The van der Waals surface area contributed by atoms with E-state index in [4.69, 9.17) is 0 Å². The van der Waals surface area contributed by atoms with E-state index in [1.165, 1.54) is 6.92 Å². The van der Waals surface area contributed by atoms with Crippen molar-refractivity contribution in [1.82, 2.24) is 5.32 Å². The Labute approximate surface area is 135 Å². The third-order valence-electron chi connectivity index (χ3n) is 4.25. The molecular formula is C17H22N2O4. The first-order valence-corrected chi connectivity index (χ1v) is 7.86. The van der Waals surface area contributed by atoms with Crippen LogP contribution >= 0.6 is 0 Å². The first kappa shape index (κ1) is 17.0. The molecule has 23 heavy (non-hydrogen) atoms. The van der Waals surface area contributed by atoms with Gasteiger partial charge in [0.1, 0.15) is 5.54 Å². The largest absolute Gasteiger partial charge is 0.480 e. The highest BCUT2D eigenvalue weighted by atomic mass is 16.4. The van der Waals surface area contributed by atoms with Gasteiger partial charge in [-0.3, -0.25) is 4.79 Å². The van der Waals surface area contributed by atoms with Crippen LogP contribution in [0.1, 0.15) is 55.8 Å². The summed E-state index contributed by atoms with van der Waals surface area (Å²) in [5.41, 5.74) is -0.256. The molecule has 0 aliphatic heterocycles. The lowest BCUT2D eigenvalue weighted by atomic mass is 9.90. The van der Waals surface area contributed by atoms with Crippen LogP contribution in [0, 0.1) is 0 Å². The fourth-order valence-electron chi connectivity index (χ4n) is 2.92. The molecular weight excluding hydrogens is 296 g/mol. The van der Waals surface area contributed by atoms with Gasteiger partial charge in [0.15, 0.2) is 5.78 Å². The summed E-state index contributed by atoms with van der Waals surface area (Å²) in [6.45, 7) is 1.45. The van der Waals surface area contributed by atoms with Crippen LogP contribution in [-0.4, -0.2) is 28.4 Å². The lowest BCUT2D eigenvalue weighted by Crippen LogP contribution is -2.55. The third kappa shape index (κ3) is 4.31. The Kier molecular flexibility index (Phi) is 5.36. The minimum atomic E-state index is -1.21. The summed E-state index contributed by atoms with van der Waals surface area (Å²) >= 11 is 0. The number of carbonyl (C=O) groups is 3. The summed E-state index contributed by atoms with van der Waals surface area (Å²) < 4.78 is 0. The van der Waals surface area contributed by atoms with Crippen LogP contribution in [0.4, 0.5) is 10.5 Å². The number of hydrogen-bond acceptors (Lipinski definition) is 3. The van der Waals surface area contributed by atoms with E-state index in [-0.39, 0.29) is 5.78 Å². The minimum absolute atomic E-state index is 0.0974. The van der Waals surface area contributed by atoms with Gasteiger partial charge in [-0.2, -0.15) is 0 Å². The molecule has 0 heterocycles. The van der Waals surface area contributed by atoms with Gasteiger partial charge >= 0.3 is 12.0 Å². The standard InChI is InChI=1S/C17H22N2O4/c1-12(20)13-7-6-8-14(11-13)18-16(23)19-17(15(21)22)9-4-2-3-5-10-17/h6-8,11H,2-5,9-10H2,1H3,(H,21,22)(H2,18,19,23). The van der Waals surface area contributed by atoms with E-state index in [9.17, 15) is 19.5 Å². The zero-order chi connectivity index (χ0) is 16.9. The highest BCUT2D eigenvalue weighted by Gasteiger charge is 2.40. The Bertz CT molecular complexity index is 604. The number of carbonyl (C=O) groups excluding carboxylic acids is 2. The molecule has 3 N–H and O–H groups in total. The summed E-state index contributed by atoms with van der Waals surface area (Å²) in [5.74, 6) is -1.09. The Morgan fingerprint density at radius 2 is 1.74 bits per heavy atom. The van der Waals surface area contributed by atoms with E-state index >= 15 is 0 Å². The topological polar surface area (TPSA) is 95.5 Å². The van der Waals surface area contributed by atoms with Crippen molar-refractivity contribution in [2.75, 3.05) is 5.32 Å². The fraction of sp³-hybridized carbons (Fsp3) is 0.471. The molecule has 1 aromatic carbocycles. The molecule has 0 radical (unpaired) electrons. The van der Waals surface area contributed by atoms with Gasteiger partial charge in [0.25, 0.3) is 0 Å². The molecule has 0 spiro atoms. The van der Waals surface area contributed by atoms with E-state index in [0.29, 0.717) is 24.1 Å². The number of ketones is 1. The molecule has 2 rings (SSSR count). The normalized spacial score (nSPS) is 16.9. The second kappa shape index (κ2) is 7.26. The fourth-order valence-corrected chi connectivity index (χ4v) is 2.92. The van der Waals surface area contributed by atoms with Crippen molar-refractivity contribution in [3.63, 3.8) is 0 Å². The van der Waals surface area contributed by atoms with Crippen molar-refractivity contribution >= 4 is 23.5 Å². The Balaban J connectivity index is 2.09. The number of hydrogen-bond donors (Lipinski definition) is 3. The molecule has 124 valence electrons. The monoisotopic (exact) mass is 318 g/mol. The van der Waals surface area contributed by atoms with Gasteiger partial charge in [-0.1, -0.05) is 37.8 Å². The smallest absolute Gasteiger partial charge is 0.329 e. The summed E-state index contributed by atoms with van der Waals surface area (Å²) in [7, 11) is 0. The van der Waals surface area contributed by atoms with Gasteiger partial charge in [0.05, 0.1) is 0 Å². The van der Waals surface area contributed by atoms with Gasteiger partial charge in [-0.05, 0) is 31.9 Å². The maximum atomic E-state index is 12.2. The number of carboxylic acids is 1. The maximum Gasteiger partial charge on any atom is 0.329 e.